The van der Waals surface area contributed by atoms with Crippen molar-refractivity contribution in [2.24, 2.45) is 0 Å². The van der Waals surface area contributed by atoms with Crippen LogP contribution in [0.2, 0.25) is 0 Å². The summed E-state index contributed by atoms with van der Waals surface area (Å²) in [7, 11) is 0. The van der Waals surface area contributed by atoms with Crippen molar-refractivity contribution in [3.63, 3.8) is 0 Å². The summed E-state index contributed by atoms with van der Waals surface area (Å²) in [6, 6.07) is 13.7. The molecule has 0 aliphatic carbocycles. The number of nitro benzene ring substituents is 1. The van der Waals surface area contributed by atoms with E-state index in [1.54, 1.807) is 29.6 Å². The van der Waals surface area contributed by atoms with Gasteiger partial charge in [-0.2, -0.15) is 5.26 Å². The van der Waals surface area contributed by atoms with Crippen molar-refractivity contribution in [3.05, 3.63) is 91.5 Å². The number of nitrogens with one attached hydrogen (secondary N) is 1. The Hall–Kier alpha value is -4.36. The van der Waals surface area contributed by atoms with E-state index in [0.29, 0.717) is 11.3 Å². The second-order valence-electron chi connectivity index (χ2n) is 6.26. The molecule has 2 heterocycles. The molecule has 0 atom stereocenters. The Labute approximate surface area is 177 Å². The van der Waals surface area contributed by atoms with Gasteiger partial charge in [0.05, 0.1) is 21.9 Å². The molecule has 0 radical (unpaired) electrons. The van der Waals surface area contributed by atoms with Gasteiger partial charge in [-0.25, -0.2) is 14.2 Å². The highest BCUT2D eigenvalue weighted by Crippen LogP contribution is 2.27. The molecule has 10 heteroatoms. The minimum absolute atomic E-state index is 0.0623. The number of rotatable bonds is 5. The summed E-state index contributed by atoms with van der Waals surface area (Å²) in [5, 5.41) is 25.5. The zero-order valence-electron chi connectivity index (χ0n) is 15.5. The van der Waals surface area contributed by atoms with Gasteiger partial charge in [0.25, 0.3) is 5.69 Å². The van der Waals surface area contributed by atoms with Crippen LogP contribution in [0.5, 0.6) is 0 Å². The van der Waals surface area contributed by atoms with Gasteiger partial charge >= 0.3 is 5.63 Å². The summed E-state index contributed by atoms with van der Waals surface area (Å²) in [6.07, 6.45) is 1.20. The van der Waals surface area contributed by atoms with E-state index in [1.165, 1.54) is 6.20 Å². The number of allylic oxidation sites excluding steroid dienone is 1. The molecule has 152 valence electrons. The molecule has 0 aliphatic rings. The number of aromatic nitrogens is 1. The van der Waals surface area contributed by atoms with Crippen molar-refractivity contribution in [3.8, 4) is 17.3 Å². The highest BCUT2D eigenvalue weighted by molar-refractivity contribution is 7.11. The van der Waals surface area contributed by atoms with Crippen LogP contribution in [-0.2, 0) is 0 Å². The molecular weight excluding hydrogens is 423 g/mol. The van der Waals surface area contributed by atoms with Crippen LogP contribution in [0.15, 0.2) is 69.3 Å². The number of nitrogens with zero attached hydrogens (tertiary/aromatic N) is 3. The number of thiazole rings is 1. The van der Waals surface area contributed by atoms with Crippen molar-refractivity contribution in [2.75, 3.05) is 5.32 Å². The van der Waals surface area contributed by atoms with Crippen molar-refractivity contribution in [2.45, 2.75) is 0 Å². The van der Waals surface area contributed by atoms with Crippen LogP contribution in [0.4, 0.5) is 15.8 Å². The third kappa shape index (κ3) is 4.03. The Morgan fingerprint density at radius 3 is 2.87 bits per heavy atom. The lowest BCUT2D eigenvalue weighted by Gasteiger charge is -2.03. The summed E-state index contributed by atoms with van der Waals surface area (Å²) in [5.74, 6) is -0.715. The molecule has 8 nitrogen and oxygen atoms in total. The molecule has 1 N–H and O–H groups in total. The number of para-hydroxylation sites is 1. The number of halogens is 1. The summed E-state index contributed by atoms with van der Waals surface area (Å²) in [5.41, 5.74) is 0.0808. The lowest BCUT2D eigenvalue weighted by Crippen LogP contribution is -2.03. The van der Waals surface area contributed by atoms with Gasteiger partial charge in [0.15, 0.2) is 0 Å². The van der Waals surface area contributed by atoms with Crippen LogP contribution < -0.4 is 10.9 Å². The lowest BCUT2D eigenvalue weighted by atomic mass is 10.1. The molecule has 0 spiro atoms. The van der Waals surface area contributed by atoms with Crippen LogP contribution in [0.1, 0.15) is 5.01 Å². The van der Waals surface area contributed by atoms with Crippen LogP contribution in [-0.4, -0.2) is 9.91 Å². The maximum Gasteiger partial charge on any atom is 0.345 e. The van der Waals surface area contributed by atoms with Gasteiger partial charge < -0.3 is 9.73 Å². The standard InChI is InChI=1S/C21H11FN4O4S/c22-16-6-5-14(26(28)29)8-17(16)24-10-13(9-23)20-25-18(11-31-20)15-7-12-3-1-2-4-19(12)30-21(15)27/h1-8,10-11,24H. The van der Waals surface area contributed by atoms with E-state index in [9.17, 15) is 24.6 Å². The second kappa shape index (κ2) is 8.17. The first-order chi connectivity index (χ1) is 15.0. The molecule has 0 saturated carbocycles. The van der Waals surface area contributed by atoms with Gasteiger partial charge in [-0.3, -0.25) is 10.1 Å². The van der Waals surface area contributed by atoms with E-state index >= 15 is 0 Å². The van der Waals surface area contributed by atoms with E-state index in [2.05, 4.69) is 10.3 Å². The molecule has 0 saturated heterocycles. The summed E-state index contributed by atoms with van der Waals surface area (Å²) in [6.45, 7) is 0. The minimum atomic E-state index is -0.715. The van der Waals surface area contributed by atoms with E-state index < -0.39 is 16.4 Å². The predicted octanol–water partition coefficient (Wildman–Crippen LogP) is 4.94. The zero-order chi connectivity index (χ0) is 22.0. The van der Waals surface area contributed by atoms with Gasteiger partial charge in [0.2, 0.25) is 0 Å². The Balaban J connectivity index is 1.66. The van der Waals surface area contributed by atoms with Gasteiger partial charge in [-0.05, 0) is 18.2 Å². The van der Waals surface area contributed by atoms with Crippen molar-refractivity contribution in [1.29, 1.82) is 5.26 Å². The van der Waals surface area contributed by atoms with E-state index in [1.807, 2.05) is 12.1 Å². The quantitative estimate of drug-likeness (QED) is 0.204. The molecule has 0 unspecified atom stereocenters. The molecular formula is C21H11FN4O4S. The number of non-ortho nitro benzene ring substituents is 1. The largest absolute Gasteiger partial charge is 0.422 e. The highest BCUT2D eigenvalue weighted by atomic mass is 32.1. The Kier molecular flexibility index (Phi) is 5.26. The highest BCUT2D eigenvalue weighted by Gasteiger charge is 2.15. The topological polar surface area (TPSA) is 122 Å². The van der Waals surface area contributed by atoms with Crippen molar-refractivity contribution in [1.82, 2.24) is 4.98 Å². The second-order valence-corrected chi connectivity index (χ2v) is 7.12. The fourth-order valence-corrected chi connectivity index (χ4v) is 3.58. The predicted molar refractivity (Wildman–Crippen MR) is 114 cm³/mol. The first-order valence-electron chi connectivity index (χ1n) is 8.76. The maximum atomic E-state index is 13.9. The number of nitriles is 1. The maximum absolute atomic E-state index is 13.9. The lowest BCUT2D eigenvalue weighted by molar-refractivity contribution is -0.384. The molecule has 0 bridgehead atoms. The zero-order valence-corrected chi connectivity index (χ0v) is 16.4. The number of fused-ring (bicyclic) bond motifs is 1. The van der Waals surface area contributed by atoms with Crippen LogP contribution in [0, 0.1) is 27.3 Å². The fraction of sp³-hybridized carbons (Fsp3) is 0. The van der Waals surface area contributed by atoms with Crippen molar-refractivity contribution < 1.29 is 13.7 Å². The van der Waals surface area contributed by atoms with E-state index in [4.69, 9.17) is 4.42 Å². The Morgan fingerprint density at radius 2 is 2.10 bits per heavy atom. The average molecular weight is 434 g/mol. The summed E-state index contributed by atoms with van der Waals surface area (Å²) < 4.78 is 19.2. The molecule has 2 aromatic heterocycles. The normalized spacial score (nSPS) is 11.3. The van der Waals surface area contributed by atoms with Crippen LogP contribution in [0.3, 0.4) is 0 Å². The molecule has 4 rings (SSSR count). The first-order valence-corrected chi connectivity index (χ1v) is 9.64. The Morgan fingerprint density at radius 1 is 1.29 bits per heavy atom. The van der Waals surface area contributed by atoms with Crippen LogP contribution in [0.25, 0.3) is 27.8 Å². The van der Waals surface area contributed by atoms with Crippen LogP contribution >= 0.6 is 11.3 Å². The fourth-order valence-electron chi connectivity index (χ4n) is 2.79. The molecule has 4 aromatic rings. The molecule has 0 amide bonds. The van der Waals surface area contributed by atoms with Gasteiger partial charge in [0.1, 0.15) is 28.1 Å². The number of anilines is 1. The van der Waals surface area contributed by atoms with E-state index in [0.717, 1.165) is 34.9 Å². The van der Waals surface area contributed by atoms with E-state index in [-0.39, 0.29) is 27.5 Å². The monoisotopic (exact) mass is 434 g/mol. The molecule has 2 aromatic carbocycles. The summed E-state index contributed by atoms with van der Waals surface area (Å²) >= 11 is 1.11. The van der Waals surface area contributed by atoms with Gasteiger partial charge in [-0.15, -0.1) is 11.3 Å². The number of nitro groups is 1. The van der Waals surface area contributed by atoms with Crippen molar-refractivity contribution >= 4 is 39.3 Å². The van der Waals surface area contributed by atoms with Gasteiger partial charge in [-0.1, -0.05) is 18.2 Å². The smallest absolute Gasteiger partial charge is 0.345 e. The molecule has 31 heavy (non-hydrogen) atoms. The minimum Gasteiger partial charge on any atom is -0.422 e. The number of benzene rings is 2. The number of hydrogen-bond donors (Lipinski definition) is 1. The third-order valence-electron chi connectivity index (χ3n) is 4.31. The number of hydrogen-bond acceptors (Lipinski definition) is 8. The summed E-state index contributed by atoms with van der Waals surface area (Å²) in [4.78, 5) is 26.9. The Bertz CT molecular complexity index is 1450. The molecule has 0 aliphatic heterocycles. The SMILES string of the molecule is N#CC(=CNc1cc([N+](=O)[O-])ccc1F)c1nc(-c2cc3ccccc3oc2=O)cs1. The van der Waals surface area contributed by atoms with Gasteiger partial charge in [0, 0.05) is 29.1 Å². The third-order valence-corrected chi connectivity index (χ3v) is 5.18. The first kappa shape index (κ1) is 19.9. The average Bonchev–Trinajstić information content (AvgIpc) is 3.24. The molecule has 0 fully saturated rings.